The van der Waals surface area contributed by atoms with Gasteiger partial charge in [0.1, 0.15) is 11.5 Å². The Morgan fingerprint density at radius 1 is 1.42 bits per heavy atom. The molecule has 1 N–H and O–H groups in total. The van der Waals surface area contributed by atoms with Crippen LogP contribution in [0, 0.1) is 11.8 Å². The zero-order chi connectivity index (χ0) is 17.5. The van der Waals surface area contributed by atoms with E-state index in [1.54, 1.807) is 11.0 Å². The molecule has 0 aromatic heterocycles. The van der Waals surface area contributed by atoms with Crippen molar-refractivity contribution in [1.29, 1.82) is 0 Å². The molecule has 3 heterocycles. The van der Waals surface area contributed by atoms with E-state index in [0.717, 1.165) is 12.8 Å². The molecule has 0 aliphatic carbocycles. The fraction of sp³-hybridized carbons (Fsp3) is 0.579. The third-order valence-corrected chi connectivity index (χ3v) is 5.22. The van der Waals surface area contributed by atoms with E-state index in [1.807, 2.05) is 6.08 Å². The third kappa shape index (κ3) is 2.81. The van der Waals surface area contributed by atoms with Crippen LogP contribution in [0.15, 0.2) is 35.5 Å². The second-order valence-corrected chi connectivity index (χ2v) is 7.33. The van der Waals surface area contributed by atoms with Crippen molar-refractivity contribution in [2.24, 2.45) is 11.8 Å². The largest absolute Gasteiger partial charge is 0.481 e. The highest BCUT2D eigenvalue weighted by molar-refractivity contribution is 5.90. The molecular weight excluding hydrogens is 306 g/mol. The highest BCUT2D eigenvalue weighted by Gasteiger charge is 2.66. The molecule has 3 aliphatic heterocycles. The SMILES string of the molecule is CC(C)=CCC/C(C)=C\CN1C[C@]23C=C[C@@H](O2)[C@@H](C(=O)O)[C@@H]3C1=O. The zero-order valence-corrected chi connectivity index (χ0v) is 14.5. The Kier molecular flexibility index (Phi) is 4.38. The number of likely N-dealkylation sites (tertiary alicyclic amines) is 1. The van der Waals surface area contributed by atoms with Crippen molar-refractivity contribution in [3.8, 4) is 0 Å². The summed E-state index contributed by atoms with van der Waals surface area (Å²) in [6.07, 6.45) is 9.48. The Morgan fingerprint density at radius 3 is 2.83 bits per heavy atom. The molecule has 3 aliphatic rings. The van der Waals surface area contributed by atoms with Gasteiger partial charge < -0.3 is 14.7 Å². The van der Waals surface area contributed by atoms with Crippen LogP contribution < -0.4 is 0 Å². The van der Waals surface area contributed by atoms with E-state index in [9.17, 15) is 14.7 Å². The number of rotatable bonds is 6. The van der Waals surface area contributed by atoms with E-state index in [-0.39, 0.29) is 5.91 Å². The lowest BCUT2D eigenvalue weighted by atomic mass is 9.77. The maximum Gasteiger partial charge on any atom is 0.310 e. The first-order chi connectivity index (χ1) is 11.3. The van der Waals surface area contributed by atoms with Gasteiger partial charge in [-0.3, -0.25) is 9.59 Å². The molecule has 2 bridgehead atoms. The van der Waals surface area contributed by atoms with Gasteiger partial charge in [-0.1, -0.05) is 35.5 Å². The first-order valence-electron chi connectivity index (χ1n) is 8.52. The van der Waals surface area contributed by atoms with Crippen molar-refractivity contribution in [2.45, 2.75) is 45.3 Å². The van der Waals surface area contributed by atoms with E-state index >= 15 is 0 Å². The molecule has 5 nitrogen and oxygen atoms in total. The van der Waals surface area contributed by atoms with Gasteiger partial charge in [-0.05, 0) is 33.6 Å². The van der Waals surface area contributed by atoms with Crippen LogP contribution in [0.2, 0.25) is 0 Å². The number of hydrogen-bond acceptors (Lipinski definition) is 3. The van der Waals surface area contributed by atoms with Gasteiger partial charge in [0.2, 0.25) is 5.91 Å². The van der Waals surface area contributed by atoms with E-state index in [1.165, 1.54) is 11.1 Å². The fourth-order valence-corrected chi connectivity index (χ4v) is 3.97. The lowest BCUT2D eigenvalue weighted by Crippen LogP contribution is -2.39. The summed E-state index contributed by atoms with van der Waals surface area (Å²) in [5.41, 5.74) is 1.82. The third-order valence-electron chi connectivity index (χ3n) is 5.22. The summed E-state index contributed by atoms with van der Waals surface area (Å²) in [7, 11) is 0. The Balaban J connectivity index is 1.66. The molecule has 5 heteroatoms. The predicted octanol–water partition coefficient (Wildman–Crippen LogP) is 2.55. The van der Waals surface area contributed by atoms with Crippen LogP contribution >= 0.6 is 0 Å². The number of allylic oxidation sites excluding steroid dienone is 3. The van der Waals surface area contributed by atoms with E-state index in [0.29, 0.717) is 13.1 Å². The molecule has 24 heavy (non-hydrogen) atoms. The van der Waals surface area contributed by atoms with Crippen LogP contribution in [0.25, 0.3) is 0 Å². The summed E-state index contributed by atoms with van der Waals surface area (Å²) in [5, 5.41) is 9.44. The number of amides is 1. The number of carbonyl (C=O) groups is 2. The smallest absolute Gasteiger partial charge is 0.310 e. The number of aliphatic carboxylic acids is 1. The topological polar surface area (TPSA) is 66.8 Å². The summed E-state index contributed by atoms with van der Waals surface area (Å²) in [4.78, 5) is 26.0. The Morgan fingerprint density at radius 2 is 2.17 bits per heavy atom. The van der Waals surface area contributed by atoms with Crippen LogP contribution in [-0.2, 0) is 14.3 Å². The van der Waals surface area contributed by atoms with Crippen LogP contribution in [-0.4, -0.2) is 46.7 Å². The normalized spacial score (nSPS) is 34.0. The second kappa shape index (κ2) is 6.20. The van der Waals surface area contributed by atoms with Crippen molar-refractivity contribution in [3.05, 3.63) is 35.5 Å². The average Bonchev–Trinajstić information content (AvgIpc) is 3.13. The van der Waals surface area contributed by atoms with Gasteiger partial charge in [-0.15, -0.1) is 0 Å². The van der Waals surface area contributed by atoms with Gasteiger partial charge in [0.05, 0.1) is 18.6 Å². The van der Waals surface area contributed by atoms with Crippen molar-refractivity contribution in [2.75, 3.05) is 13.1 Å². The molecule has 0 aromatic rings. The first-order valence-corrected chi connectivity index (χ1v) is 8.52. The summed E-state index contributed by atoms with van der Waals surface area (Å²) in [6.45, 7) is 7.21. The van der Waals surface area contributed by atoms with Crippen molar-refractivity contribution < 1.29 is 19.4 Å². The molecule has 2 fully saturated rings. The number of nitrogens with zero attached hydrogens (tertiary/aromatic N) is 1. The van der Waals surface area contributed by atoms with Crippen molar-refractivity contribution in [3.63, 3.8) is 0 Å². The number of carboxylic acids is 1. The molecule has 0 unspecified atom stereocenters. The van der Waals surface area contributed by atoms with Crippen LogP contribution in [0.4, 0.5) is 0 Å². The minimum Gasteiger partial charge on any atom is -0.481 e. The van der Waals surface area contributed by atoms with Crippen LogP contribution in [0.5, 0.6) is 0 Å². The Hall–Kier alpha value is -1.88. The minimum absolute atomic E-state index is 0.0948. The van der Waals surface area contributed by atoms with Gasteiger partial charge in [0.25, 0.3) is 0 Å². The number of carbonyl (C=O) groups excluding carboxylic acids is 1. The molecule has 0 aromatic carbocycles. The molecule has 2 saturated heterocycles. The Bertz CT molecular complexity index is 644. The van der Waals surface area contributed by atoms with Gasteiger partial charge in [0.15, 0.2) is 0 Å². The van der Waals surface area contributed by atoms with E-state index in [4.69, 9.17) is 4.74 Å². The number of carboxylic acid groups (broad SMARTS) is 1. The highest BCUT2D eigenvalue weighted by Crippen LogP contribution is 2.51. The first kappa shape index (κ1) is 17.0. The van der Waals surface area contributed by atoms with E-state index < -0.39 is 29.5 Å². The molecule has 0 saturated carbocycles. The number of fused-ring (bicyclic) bond motifs is 1. The standard InChI is InChI=1S/C19H25NO4/c1-12(2)5-4-6-13(3)8-10-20-11-19-9-7-14(24-19)15(18(22)23)16(19)17(20)21/h5,7-9,14-16H,4,6,10-11H2,1-3H3,(H,22,23)/b13-8-/t14-,15-,16-,19+/m1/s1. The van der Waals surface area contributed by atoms with Gasteiger partial charge in [-0.2, -0.15) is 0 Å². The molecule has 3 rings (SSSR count). The summed E-state index contributed by atoms with van der Waals surface area (Å²) >= 11 is 0. The van der Waals surface area contributed by atoms with E-state index in [2.05, 4.69) is 32.9 Å². The van der Waals surface area contributed by atoms with Crippen molar-refractivity contribution >= 4 is 11.9 Å². The molecular formula is C19H25NO4. The molecule has 0 radical (unpaired) electrons. The lowest BCUT2D eigenvalue weighted by Gasteiger charge is -2.21. The van der Waals surface area contributed by atoms with Crippen LogP contribution in [0.1, 0.15) is 33.6 Å². The van der Waals surface area contributed by atoms with Gasteiger partial charge in [-0.25, -0.2) is 0 Å². The average molecular weight is 331 g/mol. The number of hydrogen-bond donors (Lipinski definition) is 1. The van der Waals surface area contributed by atoms with Gasteiger partial charge >= 0.3 is 5.97 Å². The van der Waals surface area contributed by atoms with Crippen molar-refractivity contribution in [1.82, 2.24) is 4.90 Å². The maximum atomic E-state index is 12.7. The molecule has 1 spiro atoms. The summed E-state index contributed by atoms with van der Waals surface area (Å²) in [6, 6.07) is 0. The quantitative estimate of drug-likeness (QED) is 0.760. The fourth-order valence-electron chi connectivity index (χ4n) is 3.97. The monoisotopic (exact) mass is 331 g/mol. The molecule has 1 amide bonds. The molecule has 4 atom stereocenters. The predicted molar refractivity (Wildman–Crippen MR) is 90.4 cm³/mol. The highest BCUT2D eigenvalue weighted by atomic mass is 16.5. The zero-order valence-electron chi connectivity index (χ0n) is 14.5. The number of ether oxygens (including phenoxy) is 1. The van der Waals surface area contributed by atoms with Gasteiger partial charge in [0, 0.05) is 6.54 Å². The van der Waals surface area contributed by atoms with Crippen LogP contribution in [0.3, 0.4) is 0 Å². The summed E-state index contributed by atoms with van der Waals surface area (Å²) < 4.78 is 5.87. The molecule has 130 valence electrons. The lowest BCUT2D eigenvalue weighted by molar-refractivity contribution is -0.147. The second-order valence-electron chi connectivity index (χ2n) is 7.33. The minimum atomic E-state index is -0.945. The summed E-state index contributed by atoms with van der Waals surface area (Å²) in [5.74, 6) is -2.37. The Labute approximate surface area is 142 Å². The maximum absolute atomic E-state index is 12.7.